The van der Waals surface area contributed by atoms with Crippen molar-refractivity contribution >= 4 is 5.91 Å². The first kappa shape index (κ1) is 14.6. The molecular weight excluding hydrogens is 294 g/mol. The molecule has 0 aromatic rings. The van der Waals surface area contributed by atoms with Gasteiger partial charge in [0.05, 0.1) is 0 Å². The first-order valence-corrected chi connectivity index (χ1v) is 10.9. The Labute approximate surface area is 146 Å². The normalized spacial score (nSPS) is 56.7. The molecule has 0 aliphatic heterocycles. The van der Waals surface area contributed by atoms with Crippen LogP contribution in [0.3, 0.4) is 0 Å². The van der Waals surface area contributed by atoms with E-state index in [1.165, 1.54) is 70.6 Å². The summed E-state index contributed by atoms with van der Waals surface area (Å²) in [5.41, 5.74) is 0.220. The second-order valence-corrected chi connectivity index (χ2v) is 11.0. The average Bonchev–Trinajstić information content (AvgIpc) is 2.48. The third-order valence-corrected chi connectivity index (χ3v) is 9.29. The SMILES string of the molecule is O=C(CC1C2CC3CC(C2)CC1C3)NC12CC3CC(CC(C3)C1)C2. The molecule has 0 unspecified atom stereocenters. The van der Waals surface area contributed by atoms with Gasteiger partial charge in [-0.1, -0.05) is 0 Å². The molecule has 8 saturated carbocycles. The van der Waals surface area contributed by atoms with Gasteiger partial charge in [0.2, 0.25) is 5.91 Å². The van der Waals surface area contributed by atoms with E-state index in [4.69, 9.17) is 0 Å². The molecule has 1 amide bonds. The minimum Gasteiger partial charge on any atom is -0.351 e. The van der Waals surface area contributed by atoms with Crippen LogP contribution in [-0.2, 0) is 4.79 Å². The van der Waals surface area contributed by atoms with Crippen molar-refractivity contribution in [3.63, 3.8) is 0 Å². The van der Waals surface area contributed by atoms with Crippen LogP contribution in [-0.4, -0.2) is 11.4 Å². The molecule has 8 bridgehead atoms. The number of amides is 1. The van der Waals surface area contributed by atoms with Gasteiger partial charge in [0.25, 0.3) is 0 Å². The van der Waals surface area contributed by atoms with Gasteiger partial charge in [-0.15, -0.1) is 0 Å². The van der Waals surface area contributed by atoms with E-state index in [1.807, 2.05) is 0 Å². The zero-order valence-electron chi connectivity index (χ0n) is 15.0. The van der Waals surface area contributed by atoms with Gasteiger partial charge in [0.15, 0.2) is 0 Å². The molecule has 0 aromatic heterocycles. The smallest absolute Gasteiger partial charge is 0.220 e. The van der Waals surface area contributed by atoms with Crippen molar-refractivity contribution in [2.75, 3.05) is 0 Å². The van der Waals surface area contributed by atoms with E-state index in [1.54, 1.807) is 0 Å². The minimum absolute atomic E-state index is 0.220. The van der Waals surface area contributed by atoms with Crippen LogP contribution in [0, 0.1) is 47.3 Å². The highest BCUT2D eigenvalue weighted by atomic mass is 16.1. The van der Waals surface area contributed by atoms with Crippen LogP contribution in [0.4, 0.5) is 0 Å². The number of carbonyl (C=O) groups is 1. The summed E-state index contributed by atoms with van der Waals surface area (Å²) < 4.78 is 0. The predicted octanol–water partition coefficient (Wildman–Crippen LogP) is 4.53. The first-order valence-electron chi connectivity index (χ1n) is 10.9. The molecule has 8 aliphatic carbocycles. The molecule has 0 aromatic carbocycles. The van der Waals surface area contributed by atoms with Gasteiger partial charge in [-0.05, 0) is 118 Å². The van der Waals surface area contributed by atoms with Crippen LogP contribution < -0.4 is 5.32 Å². The molecule has 0 atom stereocenters. The van der Waals surface area contributed by atoms with Gasteiger partial charge in [0, 0.05) is 12.0 Å². The molecule has 0 spiro atoms. The summed E-state index contributed by atoms with van der Waals surface area (Å²) in [7, 11) is 0. The fraction of sp³-hybridized carbons (Fsp3) is 0.955. The lowest BCUT2D eigenvalue weighted by molar-refractivity contribution is -0.131. The summed E-state index contributed by atoms with van der Waals surface area (Å²) in [6, 6.07) is 0. The van der Waals surface area contributed by atoms with E-state index < -0.39 is 0 Å². The van der Waals surface area contributed by atoms with Crippen molar-refractivity contribution in [2.45, 2.75) is 82.6 Å². The summed E-state index contributed by atoms with van der Waals surface area (Å²) in [6.45, 7) is 0. The zero-order chi connectivity index (χ0) is 15.9. The second-order valence-electron chi connectivity index (χ2n) is 11.0. The lowest BCUT2D eigenvalue weighted by Crippen LogP contribution is -2.60. The molecule has 2 heteroatoms. The van der Waals surface area contributed by atoms with E-state index >= 15 is 0 Å². The van der Waals surface area contributed by atoms with E-state index in [2.05, 4.69) is 5.32 Å². The van der Waals surface area contributed by atoms with Gasteiger partial charge in [-0.25, -0.2) is 0 Å². The lowest BCUT2D eigenvalue weighted by Gasteiger charge is -2.57. The fourth-order valence-electron chi connectivity index (χ4n) is 9.20. The van der Waals surface area contributed by atoms with E-state index in [0.29, 0.717) is 5.91 Å². The third kappa shape index (κ3) is 2.23. The molecule has 0 heterocycles. The number of rotatable bonds is 3. The van der Waals surface area contributed by atoms with Crippen LogP contribution in [0.15, 0.2) is 0 Å². The highest BCUT2D eigenvalue weighted by Crippen LogP contribution is 2.58. The maximum atomic E-state index is 13.0. The fourth-order valence-corrected chi connectivity index (χ4v) is 9.20. The molecular formula is C22H33NO. The summed E-state index contributed by atoms with van der Waals surface area (Å²) in [5, 5.41) is 3.64. The molecule has 8 rings (SSSR count). The third-order valence-electron chi connectivity index (χ3n) is 9.29. The monoisotopic (exact) mass is 327 g/mol. The second kappa shape index (κ2) is 5.01. The van der Waals surface area contributed by atoms with Crippen molar-refractivity contribution < 1.29 is 4.79 Å². The Kier molecular flexibility index (Phi) is 3.05. The Morgan fingerprint density at radius 2 is 1.17 bits per heavy atom. The quantitative estimate of drug-likeness (QED) is 0.810. The Morgan fingerprint density at radius 3 is 1.67 bits per heavy atom. The maximum absolute atomic E-state index is 13.0. The van der Waals surface area contributed by atoms with E-state index in [9.17, 15) is 4.79 Å². The largest absolute Gasteiger partial charge is 0.351 e. The van der Waals surface area contributed by atoms with Crippen molar-refractivity contribution in [1.82, 2.24) is 5.32 Å². The average molecular weight is 328 g/mol. The van der Waals surface area contributed by atoms with Crippen LogP contribution in [0.2, 0.25) is 0 Å². The predicted molar refractivity (Wildman–Crippen MR) is 94.2 cm³/mol. The minimum atomic E-state index is 0.220. The van der Waals surface area contributed by atoms with Crippen LogP contribution in [0.25, 0.3) is 0 Å². The zero-order valence-corrected chi connectivity index (χ0v) is 15.0. The van der Waals surface area contributed by atoms with Gasteiger partial charge < -0.3 is 5.32 Å². The van der Waals surface area contributed by atoms with Crippen LogP contribution in [0.5, 0.6) is 0 Å². The van der Waals surface area contributed by atoms with E-state index in [-0.39, 0.29) is 5.54 Å². The van der Waals surface area contributed by atoms with Gasteiger partial charge in [-0.2, -0.15) is 0 Å². The maximum Gasteiger partial charge on any atom is 0.220 e. The van der Waals surface area contributed by atoms with Gasteiger partial charge >= 0.3 is 0 Å². The summed E-state index contributed by atoms with van der Waals surface area (Å²) in [6.07, 6.45) is 16.4. The Balaban J connectivity index is 1.14. The number of hydrogen-bond donors (Lipinski definition) is 1. The topological polar surface area (TPSA) is 29.1 Å². The number of hydrogen-bond acceptors (Lipinski definition) is 1. The van der Waals surface area contributed by atoms with Crippen LogP contribution in [0.1, 0.15) is 77.0 Å². The van der Waals surface area contributed by atoms with Gasteiger partial charge in [-0.3, -0.25) is 4.79 Å². The van der Waals surface area contributed by atoms with Gasteiger partial charge in [0.1, 0.15) is 0 Å². The highest BCUT2D eigenvalue weighted by Gasteiger charge is 2.52. The van der Waals surface area contributed by atoms with Crippen molar-refractivity contribution in [2.24, 2.45) is 47.3 Å². The van der Waals surface area contributed by atoms with E-state index in [0.717, 1.165) is 53.8 Å². The molecule has 8 fully saturated rings. The van der Waals surface area contributed by atoms with Crippen LogP contribution >= 0.6 is 0 Å². The Hall–Kier alpha value is -0.530. The molecule has 2 nitrogen and oxygen atoms in total. The molecule has 132 valence electrons. The Bertz CT molecular complexity index is 489. The number of carbonyl (C=O) groups excluding carboxylic acids is 1. The van der Waals surface area contributed by atoms with Crippen molar-refractivity contribution in [3.05, 3.63) is 0 Å². The molecule has 1 N–H and O–H groups in total. The molecule has 0 radical (unpaired) electrons. The summed E-state index contributed by atoms with van der Waals surface area (Å²) in [4.78, 5) is 13.0. The standard InChI is InChI=1S/C22H33NO/c24-21(9-20-18-5-13-1-14(7-18)8-19(20)6-13)23-22-10-15-2-16(11-22)4-17(3-15)12-22/h13-20H,1-12H2,(H,23,24). The summed E-state index contributed by atoms with van der Waals surface area (Å²) >= 11 is 0. The Morgan fingerprint density at radius 1 is 0.708 bits per heavy atom. The molecule has 0 saturated heterocycles. The molecule has 24 heavy (non-hydrogen) atoms. The summed E-state index contributed by atoms with van der Waals surface area (Å²) in [5.74, 6) is 7.77. The number of nitrogens with one attached hydrogen (secondary N) is 1. The first-order chi connectivity index (χ1) is 11.6. The van der Waals surface area contributed by atoms with Crippen molar-refractivity contribution in [1.29, 1.82) is 0 Å². The van der Waals surface area contributed by atoms with Crippen molar-refractivity contribution in [3.8, 4) is 0 Å². The highest BCUT2D eigenvalue weighted by molar-refractivity contribution is 5.77. The molecule has 8 aliphatic rings. The lowest BCUT2D eigenvalue weighted by atomic mass is 9.51.